The van der Waals surface area contributed by atoms with Crippen molar-refractivity contribution < 1.29 is 10.2 Å². The van der Waals surface area contributed by atoms with Gasteiger partial charge < -0.3 is 15.9 Å². The van der Waals surface area contributed by atoms with Crippen molar-refractivity contribution in [3.05, 3.63) is 42.0 Å². The first kappa shape index (κ1) is 9.96. The number of rotatable bonds is 1. The molecular formula is C12H13NO2. The molecule has 0 aromatic heterocycles. The average molecular weight is 203 g/mol. The summed E-state index contributed by atoms with van der Waals surface area (Å²) in [7, 11) is 0. The number of nitrogen functional groups attached to an aromatic ring is 1. The fourth-order valence-electron chi connectivity index (χ4n) is 1.60. The van der Waals surface area contributed by atoms with E-state index in [9.17, 15) is 10.2 Å². The van der Waals surface area contributed by atoms with E-state index in [0.29, 0.717) is 11.3 Å². The highest BCUT2D eigenvalue weighted by atomic mass is 16.5. The lowest BCUT2D eigenvalue weighted by molar-refractivity contribution is -0.152. The van der Waals surface area contributed by atoms with Crippen LogP contribution in [0.2, 0.25) is 0 Å². The van der Waals surface area contributed by atoms with Gasteiger partial charge in [-0.1, -0.05) is 24.3 Å². The molecule has 0 heterocycles. The molecule has 15 heavy (non-hydrogen) atoms. The van der Waals surface area contributed by atoms with Crippen molar-refractivity contribution in [3.8, 4) is 0 Å². The maximum atomic E-state index is 9.44. The number of hydrogen-bond donors (Lipinski definition) is 3. The van der Waals surface area contributed by atoms with Crippen molar-refractivity contribution in [1.29, 1.82) is 0 Å². The fourth-order valence-corrected chi connectivity index (χ4v) is 1.60. The van der Waals surface area contributed by atoms with E-state index in [2.05, 4.69) is 0 Å². The molecule has 0 aliphatic rings. The number of aliphatic hydroxyl groups is 2. The normalized spacial score (nSPS) is 11.9. The summed E-state index contributed by atoms with van der Waals surface area (Å²) in [6.45, 7) is 1.33. The SMILES string of the molecule is CC(O)(O)c1ccc2c(N)cccc2c1. The predicted octanol–water partition coefficient (Wildman–Crippen LogP) is 1.58. The lowest BCUT2D eigenvalue weighted by atomic mass is 10.0. The summed E-state index contributed by atoms with van der Waals surface area (Å²) in [6.07, 6.45) is 0. The zero-order valence-corrected chi connectivity index (χ0v) is 8.44. The van der Waals surface area contributed by atoms with Crippen molar-refractivity contribution in [3.63, 3.8) is 0 Å². The molecular weight excluding hydrogens is 190 g/mol. The van der Waals surface area contributed by atoms with Gasteiger partial charge in [-0.25, -0.2) is 0 Å². The summed E-state index contributed by atoms with van der Waals surface area (Å²) in [6, 6.07) is 10.7. The Morgan fingerprint density at radius 3 is 2.53 bits per heavy atom. The van der Waals surface area contributed by atoms with E-state index in [-0.39, 0.29) is 0 Å². The lowest BCUT2D eigenvalue weighted by Gasteiger charge is -2.16. The Kier molecular flexibility index (Phi) is 2.14. The first-order chi connectivity index (χ1) is 6.98. The highest BCUT2D eigenvalue weighted by Gasteiger charge is 2.18. The summed E-state index contributed by atoms with van der Waals surface area (Å²) >= 11 is 0. The van der Waals surface area contributed by atoms with Crippen LogP contribution < -0.4 is 5.73 Å². The number of nitrogens with two attached hydrogens (primary N) is 1. The predicted molar refractivity (Wildman–Crippen MR) is 60.2 cm³/mol. The first-order valence-corrected chi connectivity index (χ1v) is 4.72. The molecule has 4 N–H and O–H groups in total. The van der Waals surface area contributed by atoms with E-state index in [0.717, 1.165) is 10.8 Å². The topological polar surface area (TPSA) is 66.5 Å². The summed E-state index contributed by atoms with van der Waals surface area (Å²) < 4.78 is 0. The maximum absolute atomic E-state index is 9.44. The van der Waals surface area contributed by atoms with E-state index in [1.165, 1.54) is 6.92 Å². The smallest absolute Gasteiger partial charge is 0.186 e. The maximum Gasteiger partial charge on any atom is 0.186 e. The van der Waals surface area contributed by atoms with Gasteiger partial charge in [0, 0.05) is 16.6 Å². The van der Waals surface area contributed by atoms with Gasteiger partial charge in [0.1, 0.15) is 0 Å². The standard InChI is InChI=1S/C12H13NO2/c1-12(14,15)9-5-6-10-8(7-9)3-2-4-11(10)13/h2-7,14-15H,13H2,1H3. The molecule has 0 amide bonds. The van der Waals surface area contributed by atoms with Gasteiger partial charge in [-0.2, -0.15) is 0 Å². The Morgan fingerprint density at radius 2 is 1.87 bits per heavy atom. The van der Waals surface area contributed by atoms with Crippen molar-refractivity contribution in [2.24, 2.45) is 0 Å². The van der Waals surface area contributed by atoms with Crippen molar-refractivity contribution in [1.82, 2.24) is 0 Å². The van der Waals surface area contributed by atoms with Crippen LogP contribution in [0.1, 0.15) is 12.5 Å². The number of fused-ring (bicyclic) bond motifs is 1. The molecule has 0 saturated carbocycles. The number of hydrogen-bond acceptors (Lipinski definition) is 3. The van der Waals surface area contributed by atoms with Crippen LogP contribution in [-0.2, 0) is 5.79 Å². The largest absolute Gasteiger partial charge is 0.398 e. The fraction of sp³-hybridized carbons (Fsp3) is 0.167. The highest BCUT2D eigenvalue weighted by molar-refractivity contribution is 5.93. The molecule has 0 saturated heterocycles. The van der Waals surface area contributed by atoms with Crippen molar-refractivity contribution in [2.75, 3.05) is 5.73 Å². The Morgan fingerprint density at radius 1 is 1.13 bits per heavy atom. The molecule has 0 spiro atoms. The third-order valence-corrected chi connectivity index (χ3v) is 2.46. The van der Waals surface area contributed by atoms with Gasteiger partial charge in [0.25, 0.3) is 0 Å². The minimum absolute atomic E-state index is 0.459. The molecule has 0 bridgehead atoms. The van der Waals surface area contributed by atoms with Crippen LogP contribution in [0.5, 0.6) is 0 Å². The summed E-state index contributed by atoms with van der Waals surface area (Å²) in [5, 5.41) is 20.7. The van der Waals surface area contributed by atoms with E-state index in [1.807, 2.05) is 18.2 Å². The van der Waals surface area contributed by atoms with Gasteiger partial charge >= 0.3 is 0 Å². The molecule has 3 heteroatoms. The minimum Gasteiger partial charge on any atom is -0.398 e. The minimum atomic E-state index is -1.81. The zero-order chi connectivity index (χ0) is 11.1. The van der Waals surface area contributed by atoms with Crippen LogP contribution in [0.3, 0.4) is 0 Å². The second kappa shape index (κ2) is 3.22. The van der Waals surface area contributed by atoms with Crippen LogP contribution in [0.25, 0.3) is 10.8 Å². The van der Waals surface area contributed by atoms with Crippen LogP contribution >= 0.6 is 0 Å². The van der Waals surface area contributed by atoms with Gasteiger partial charge in [-0.05, 0) is 24.4 Å². The molecule has 2 aromatic rings. The summed E-state index contributed by atoms with van der Waals surface area (Å²) in [4.78, 5) is 0. The molecule has 78 valence electrons. The summed E-state index contributed by atoms with van der Waals surface area (Å²) in [5.41, 5.74) is 6.94. The quantitative estimate of drug-likeness (QED) is 0.487. The Hall–Kier alpha value is -1.58. The zero-order valence-electron chi connectivity index (χ0n) is 8.44. The van der Waals surface area contributed by atoms with Gasteiger partial charge in [0.15, 0.2) is 5.79 Å². The number of anilines is 1. The molecule has 0 aliphatic carbocycles. The van der Waals surface area contributed by atoms with Gasteiger partial charge in [-0.3, -0.25) is 0 Å². The van der Waals surface area contributed by atoms with E-state index in [4.69, 9.17) is 5.73 Å². The van der Waals surface area contributed by atoms with Crippen LogP contribution in [-0.4, -0.2) is 10.2 Å². The molecule has 0 aliphatic heterocycles. The second-order valence-corrected chi connectivity index (χ2v) is 3.80. The third-order valence-electron chi connectivity index (χ3n) is 2.46. The monoisotopic (exact) mass is 203 g/mol. The Bertz CT molecular complexity index is 500. The van der Waals surface area contributed by atoms with E-state index in [1.54, 1.807) is 18.2 Å². The van der Waals surface area contributed by atoms with Crippen molar-refractivity contribution in [2.45, 2.75) is 12.7 Å². The molecule has 3 nitrogen and oxygen atoms in total. The molecule has 0 radical (unpaired) electrons. The lowest BCUT2D eigenvalue weighted by Crippen LogP contribution is -2.19. The Labute approximate surface area is 87.8 Å². The van der Waals surface area contributed by atoms with Crippen molar-refractivity contribution >= 4 is 16.5 Å². The van der Waals surface area contributed by atoms with E-state index < -0.39 is 5.79 Å². The van der Waals surface area contributed by atoms with Gasteiger partial charge in [-0.15, -0.1) is 0 Å². The van der Waals surface area contributed by atoms with Crippen LogP contribution in [0.15, 0.2) is 36.4 Å². The summed E-state index contributed by atoms with van der Waals surface area (Å²) in [5.74, 6) is -1.81. The van der Waals surface area contributed by atoms with E-state index >= 15 is 0 Å². The van der Waals surface area contributed by atoms with Gasteiger partial charge in [0.2, 0.25) is 0 Å². The molecule has 2 aromatic carbocycles. The molecule has 0 fully saturated rings. The van der Waals surface area contributed by atoms with Gasteiger partial charge in [0.05, 0.1) is 0 Å². The molecule has 2 rings (SSSR count). The van der Waals surface area contributed by atoms with Crippen LogP contribution in [0, 0.1) is 0 Å². The first-order valence-electron chi connectivity index (χ1n) is 4.72. The number of benzene rings is 2. The Balaban J connectivity index is 2.68. The highest BCUT2D eigenvalue weighted by Crippen LogP contribution is 2.25. The third kappa shape index (κ3) is 1.79. The average Bonchev–Trinajstić information content (AvgIpc) is 2.16. The second-order valence-electron chi connectivity index (χ2n) is 3.80. The van der Waals surface area contributed by atoms with Crippen LogP contribution in [0.4, 0.5) is 5.69 Å². The molecule has 0 unspecified atom stereocenters. The molecule has 0 atom stereocenters.